The van der Waals surface area contributed by atoms with Gasteiger partial charge in [0.2, 0.25) is 5.89 Å². The molecule has 6 heteroatoms. The molecule has 31 heavy (non-hydrogen) atoms. The zero-order chi connectivity index (χ0) is 21.2. The van der Waals surface area contributed by atoms with E-state index in [0.29, 0.717) is 27.9 Å². The van der Waals surface area contributed by atoms with Gasteiger partial charge in [0.05, 0.1) is 11.3 Å². The number of carbonyl (C=O) groups excluding carboxylic acids is 1. The van der Waals surface area contributed by atoms with Crippen LogP contribution in [0.15, 0.2) is 89.3 Å². The molecule has 5 rings (SSSR count). The molecule has 0 saturated carbocycles. The third kappa shape index (κ3) is 3.96. The largest absolute Gasteiger partial charge is 0.484 e. The van der Waals surface area contributed by atoms with Gasteiger partial charge >= 0.3 is 0 Å². The lowest BCUT2D eigenvalue weighted by Crippen LogP contribution is -2.20. The van der Waals surface area contributed by atoms with E-state index in [4.69, 9.17) is 20.8 Å². The molecule has 4 aromatic carbocycles. The zero-order valence-corrected chi connectivity index (χ0v) is 17.1. The standard InChI is InChI=1S/C25H17ClN2O3/c26-17-10-12-18(13-11-17)30-15-23(29)27-21-8-4-3-7-20(21)25-28-22-14-9-16-5-1-2-6-19(16)24(22)31-25/h1-14H,15H2,(H,27,29). The van der Waals surface area contributed by atoms with E-state index in [0.717, 1.165) is 21.9 Å². The molecule has 0 spiro atoms. The summed E-state index contributed by atoms with van der Waals surface area (Å²) in [5, 5.41) is 5.57. The van der Waals surface area contributed by atoms with Gasteiger partial charge < -0.3 is 14.5 Å². The average molecular weight is 429 g/mol. The molecular weight excluding hydrogens is 412 g/mol. The van der Waals surface area contributed by atoms with Crippen LogP contribution < -0.4 is 10.1 Å². The molecule has 0 aliphatic carbocycles. The van der Waals surface area contributed by atoms with Crippen LogP contribution >= 0.6 is 11.6 Å². The number of nitrogens with one attached hydrogen (secondary N) is 1. The number of rotatable bonds is 5. The van der Waals surface area contributed by atoms with E-state index in [9.17, 15) is 4.79 Å². The highest BCUT2D eigenvalue weighted by Gasteiger charge is 2.15. The minimum atomic E-state index is -0.288. The number of hydrogen-bond acceptors (Lipinski definition) is 4. The summed E-state index contributed by atoms with van der Waals surface area (Å²) >= 11 is 5.87. The molecule has 0 atom stereocenters. The van der Waals surface area contributed by atoms with E-state index in [1.54, 1.807) is 24.3 Å². The summed E-state index contributed by atoms with van der Waals surface area (Å²) in [5.41, 5.74) is 2.78. The molecule has 1 N–H and O–H groups in total. The van der Waals surface area contributed by atoms with E-state index < -0.39 is 0 Å². The summed E-state index contributed by atoms with van der Waals surface area (Å²) in [4.78, 5) is 17.1. The van der Waals surface area contributed by atoms with Gasteiger partial charge in [-0.25, -0.2) is 4.98 Å². The van der Waals surface area contributed by atoms with Crippen molar-refractivity contribution in [2.24, 2.45) is 0 Å². The van der Waals surface area contributed by atoms with Gasteiger partial charge in [-0.3, -0.25) is 4.79 Å². The molecule has 0 aliphatic rings. The third-order valence-corrected chi connectivity index (χ3v) is 5.15. The first-order chi connectivity index (χ1) is 15.2. The molecule has 0 saturated heterocycles. The minimum Gasteiger partial charge on any atom is -0.484 e. The number of anilines is 1. The molecule has 1 amide bonds. The summed E-state index contributed by atoms with van der Waals surface area (Å²) in [5.74, 6) is 0.725. The maximum atomic E-state index is 12.5. The molecule has 1 aromatic heterocycles. The first kappa shape index (κ1) is 19.2. The fraction of sp³-hybridized carbons (Fsp3) is 0.0400. The quantitative estimate of drug-likeness (QED) is 0.356. The van der Waals surface area contributed by atoms with Crippen molar-refractivity contribution in [3.63, 3.8) is 0 Å². The van der Waals surface area contributed by atoms with Gasteiger partial charge in [0.1, 0.15) is 11.3 Å². The molecule has 5 nitrogen and oxygen atoms in total. The minimum absolute atomic E-state index is 0.131. The summed E-state index contributed by atoms with van der Waals surface area (Å²) in [6.07, 6.45) is 0. The second-order valence-electron chi connectivity index (χ2n) is 6.99. The normalized spacial score (nSPS) is 11.0. The predicted molar refractivity (Wildman–Crippen MR) is 123 cm³/mol. The molecule has 5 aromatic rings. The number of nitrogens with zero attached hydrogens (tertiary/aromatic N) is 1. The van der Waals surface area contributed by atoms with E-state index in [2.05, 4.69) is 10.3 Å². The molecule has 0 radical (unpaired) electrons. The van der Waals surface area contributed by atoms with Gasteiger partial charge in [-0.1, -0.05) is 54.1 Å². The van der Waals surface area contributed by atoms with Crippen LogP contribution in [0.3, 0.4) is 0 Å². The number of carbonyl (C=O) groups is 1. The van der Waals surface area contributed by atoms with Crippen LogP contribution in [0.4, 0.5) is 5.69 Å². The molecule has 152 valence electrons. The fourth-order valence-electron chi connectivity index (χ4n) is 3.42. The Bertz CT molecular complexity index is 1390. The second-order valence-corrected chi connectivity index (χ2v) is 7.43. The number of amides is 1. The van der Waals surface area contributed by atoms with Crippen molar-refractivity contribution in [1.82, 2.24) is 4.98 Å². The lowest BCUT2D eigenvalue weighted by atomic mass is 10.1. The molecule has 0 bridgehead atoms. The predicted octanol–water partition coefficient (Wildman–Crippen LogP) is 6.32. The molecule has 0 fully saturated rings. The van der Waals surface area contributed by atoms with E-state index in [-0.39, 0.29) is 12.5 Å². The van der Waals surface area contributed by atoms with Crippen molar-refractivity contribution < 1.29 is 13.9 Å². The smallest absolute Gasteiger partial charge is 0.262 e. The lowest BCUT2D eigenvalue weighted by Gasteiger charge is -2.10. The van der Waals surface area contributed by atoms with Crippen molar-refractivity contribution in [2.75, 3.05) is 11.9 Å². The summed E-state index contributed by atoms with van der Waals surface area (Å²) in [6, 6.07) is 26.2. The maximum absolute atomic E-state index is 12.5. The zero-order valence-electron chi connectivity index (χ0n) is 16.3. The van der Waals surface area contributed by atoms with Gasteiger partial charge in [-0.05, 0) is 47.9 Å². The number of hydrogen-bond donors (Lipinski definition) is 1. The molecule has 0 aliphatic heterocycles. The Balaban J connectivity index is 1.40. The van der Waals surface area contributed by atoms with Crippen LogP contribution in [-0.2, 0) is 4.79 Å². The van der Waals surface area contributed by atoms with Crippen molar-refractivity contribution in [1.29, 1.82) is 0 Å². The van der Waals surface area contributed by atoms with Crippen LogP contribution in [-0.4, -0.2) is 17.5 Å². The Hall–Kier alpha value is -3.83. The number of ether oxygens (including phenoxy) is 1. The number of fused-ring (bicyclic) bond motifs is 3. The van der Waals surface area contributed by atoms with Crippen molar-refractivity contribution in [3.8, 4) is 17.2 Å². The third-order valence-electron chi connectivity index (χ3n) is 4.89. The molecular formula is C25H17ClN2O3. The number of oxazole rings is 1. The van der Waals surface area contributed by atoms with Gasteiger partial charge in [-0.2, -0.15) is 0 Å². The lowest BCUT2D eigenvalue weighted by molar-refractivity contribution is -0.118. The summed E-state index contributed by atoms with van der Waals surface area (Å²) < 4.78 is 11.7. The monoisotopic (exact) mass is 428 g/mol. The Labute approximate surface area is 183 Å². The second kappa shape index (κ2) is 8.13. The van der Waals surface area contributed by atoms with E-state index in [1.165, 1.54) is 0 Å². The summed E-state index contributed by atoms with van der Waals surface area (Å²) in [7, 11) is 0. The van der Waals surface area contributed by atoms with Crippen LogP contribution in [0, 0.1) is 0 Å². The Morgan fingerprint density at radius 1 is 0.935 bits per heavy atom. The number of para-hydroxylation sites is 1. The number of halogens is 1. The number of aromatic nitrogens is 1. The maximum Gasteiger partial charge on any atom is 0.262 e. The van der Waals surface area contributed by atoms with Crippen LogP contribution in [0.2, 0.25) is 5.02 Å². The van der Waals surface area contributed by atoms with Crippen molar-refractivity contribution >= 4 is 45.1 Å². The number of benzene rings is 4. The van der Waals surface area contributed by atoms with Crippen LogP contribution in [0.25, 0.3) is 33.3 Å². The van der Waals surface area contributed by atoms with Crippen LogP contribution in [0.1, 0.15) is 0 Å². The Kier molecular flexibility index (Phi) is 5.02. The van der Waals surface area contributed by atoms with E-state index >= 15 is 0 Å². The molecule has 0 unspecified atom stereocenters. The topological polar surface area (TPSA) is 64.4 Å². The first-order valence-corrected chi connectivity index (χ1v) is 10.1. The SMILES string of the molecule is O=C(COc1ccc(Cl)cc1)Nc1ccccc1-c1nc2ccc3ccccc3c2o1. The first-order valence-electron chi connectivity index (χ1n) is 9.73. The van der Waals surface area contributed by atoms with Crippen molar-refractivity contribution in [2.45, 2.75) is 0 Å². The molecule has 1 heterocycles. The Morgan fingerprint density at radius 3 is 2.58 bits per heavy atom. The van der Waals surface area contributed by atoms with E-state index in [1.807, 2.05) is 60.7 Å². The highest BCUT2D eigenvalue weighted by Crippen LogP contribution is 2.33. The van der Waals surface area contributed by atoms with Gasteiger partial charge in [-0.15, -0.1) is 0 Å². The highest BCUT2D eigenvalue weighted by molar-refractivity contribution is 6.30. The summed E-state index contributed by atoms with van der Waals surface area (Å²) in [6.45, 7) is -0.131. The van der Waals surface area contributed by atoms with Crippen LogP contribution in [0.5, 0.6) is 5.75 Å². The van der Waals surface area contributed by atoms with Gasteiger partial charge in [0.25, 0.3) is 5.91 Å². The average Bonchev–Trinajstić information content (AvgIpc) is 3.24. The fourth-order valence-corrected chi connectivity index (χ4v) is 3.54. The van der Waals surface area contributed by atoms with Crippen molar-refractivity contribution in [3.05, 3.63) is 90.0 Å². The van der Waals surface area contributed by atoms with Gasteiger partial charge in [0.15, 0.2) is 12.2 Å². The van der Waals surface area contributed by atoms with Gasteiger partial charge in [0, 0.05) is 10.4 Å². The highest BCUT2D eigenvalue weighted by atomic mass is 35.5. The Morgan fingerprint density at radius 2 is 1.71 bits per heavy atom.